The molecule has 1 atom stereocenters. The van der Waals surface area contributed by atoms with Gasteiger partial charge in [-0.15, -0.1) is 0 Å². The third-order valence-corrected chi connectivity index (χ3v) is 8.00. The quantitative estimate of drug-likeness (QED) is 0.0653. The van der Waals surface area contributed by atoms with Crippen molar-refractivity contribution in [2.24, 2.45) is 33.2 Å². The Labute approximate surface area is 302 Å². The van der Waals surface area contributed by atoms with Crippen LogP contribution in [0.3, 0.4) is 0 Å². The summed E-state index contributed by atoms with van der Waals surface area (Å²) >= 11 is 3.02. The molecule has 0 fully saturated rings. The number of halogens is 1. The standard InChI is InChI=1S/C33H41BrN12O5/c1-18(38-33(35-3)36-4)13-37-29(48)24-9-21(15-43(24)5)40-31(50)26-11-23(17-45(26)7)42-32(51)27-12-22(16-46(27)8)41-30(49)25-10-20(14-44(25)6)39-28(47)19(2)34/h9-12,14-18H,2,13H2,1,3-8H3,(H,37,48)(H,39,47)(H,40,50)(H,41,49)(H,42,51)(H2,35,36,38). The molecule has 4 heterocycles. The van der Waals surface area contributed by atoms with Crippen molar-refractivity contribution in [3.63, 3.8) is 0 Å². The van der Waals surface area contributed by atoms with Crippen LogP contribution in [0.4, 0.5) is 22.7 Å². The molecule has 7 N–H and O–H groups in total. The highest BCUT2D eigenvalue weighted by Crippen LogP contribution is 2.21. The van der Waals surface area contributed by atoms with Gasteiger partial charge in [0.15, 0.2) is 5.96 Å². The number of hydrogen-bond acceptors (Lipinski definition) is 6. The van der Waals surface area contributed by atoms with E-state index in [0.717, 1.165) is 0 Å². The maximum Gasteiger partial charge on any atom is 0.272 e. The highest BCUT2D eigenvalue weighted by Gasteiger charge is 2.20. The molecule has 0 saturated heterocycles. The van der Waals surface area contributed by atoms with Crippen molar-refractivity contribution in [2.75, 3.05) is 41.9 Å². The Balaban J connectivity index is 1.36. The Kier molecular flexibility index (Phi) is 11.9. The summed E-state index contributed by atoms with van der Waals surface area (Å²) in [5.74, 6) is -1.52. The molecule has 0 aromatic carbocycles. The lowest BCUT2D eigenvalue weighted by atomic mass is 10.3. The van der Waals surface area contributed by atoms with E-state index in [1.807, 2.05) is 6.92 Å². The summed E-state index contributed by atoms with van der Waals surface area (Å²) in [5, 5.41) is 19.9. The Bertz CT molecular complexity index is 2030. The lowest BCUT2D eigenvalue weighted by Crippen LogP contribution is -2.46. The number of carbonyl (C=O) groups excluding carboxylic acids is 5. The van der Waals surface area contributed by atoms with Gasteiger partial charge in [0, 0.05) is 79.7 Å². The van der Waals surface area contributed by atoms with Crippen LogP contribution in [0.5, 0.6) is 0 Å². The van der Waals surface area contributed by atoms with E-state index < -0.39 is 23.6 Å². The fourth-order valence-electron chi connectivity index (χ4n) is 5.09. The number of anilines is 4. The zero-order valence-electron chi connectivity index (χ0n) is 29.3. The number of aliphatic imine (C=N–C) groups is 1. The third-order valence-electron chi connectivity index (χ3n) is 7.64. The average Bonchev–Trinajstić information content (AvgIpc) is 3.83. The summed E-state index contributed by atoms with van der Waals surface area (Å²) in [5.41, 5.74) is 2.71. The molecule has 0 bridgehead atoms. The van der Waals surface area contributed by atoms with E-state index in [1.54, 1.807) is 91.4 Å². The molecule has 17 nitrogen and oxygen atoms in total. The fraction of sp³-hybridized carbons (Fsp3) is 0.273. The lowest BCUT2D eigenvalue weighted by molar-refractivity contribution is -0.112. The van der Waals surface area contributed by atoms with E-state index in [-0.39, 0.29) is 33.5 Å². The van der Waals surface area contributed by atoms with Gasteiger partial charge < -0.3 is 55.5 Å². The van der Waals surface area contributed by atoms with E-state index in [0.29, 0.717) is 40.9 Å². The van der Waals surface area contributed by atoms with Crippen LogP contribution in [0.25, 0.3) is 0 Å². The minimum Gasteiger partial charge on any atom is -0.359 e. The van der Waals surface area contributed by atoms with Crippen LogP contribution in [-0.2, 0) is 33.0 Å². The molecule has 0 aliphatic carbocycles. The molecular weight excluding hydrogens is 724 g/mol. The molecule has 0 aliphatic rings. The minimum atomic E-state index is -0.471. The van der Waals surface area contributed by atoms with Crippen molar-refractivity contribution >= 4 is 74.2 Å². The van der Waals surface area contributed by atoms with Crippen molar-refractivity contribution in [1.82, 2.24) is 34.2 Å². The first kappa shape index (κ1) is 37.8. The second-order valence-corrected chi connectivity index (χ2v) is 12.7. The lowest BCUT2D eigenvalue weighted by Gasteiger charge is -2.17. The average molecular weight is 766 g/mol. The summed E-state index contributed by atoms with van der Waals surface area (Å²) in [4.78, 5) is 68.2. The van der Waals surface area contributed by atoms with Crippen LogP contribution in [0.2, 0.25) is 0 Å². The van der Waals surface area contributed by atoms with Crippen molar-refractivity contribution in [3.8, 4) is 0 Å². The Hall–Kier alpha value is -6.04. The number of carbonyl (C=O) groups is 5. The predicted molar refractivity (Wildman–Crippen MR) is 200 cm³/mol. The molecule has 18 heteroatoms. The van der Waals surface area contributed by atoms with Gasteiger partial charge in [0.2, 0.25) is 0 Å². The summed E-state index contributed by atoms with van der Waals surface area (Å²) in [6, 6.07) is 6.05. The van der Waals surface area contributed by atoms with Gasteiger partial charge in [-0.3, -0.25) is 29.0 Å². The topological polar surface area (TPSA) is 202 Å². The van der Waals surface area contributed by atoms with Crippen molar-refractivity contribution in [3.05, 3.63) is 82.9 Å². The molecule has 270 valence electrons. The Morgan fingerprint density at radius 2 is 1.04 bits per heavy atom. The van der Waals surface area contributed by atoms with E-state index in [9.17, 15) is 24.0 Å². The van der Waals surface area contributed by atoms with Crippen molar-refractivity contribution in [1.29, 1.82) is 0 Å². The SMILES string of the molecule is C=C(Br)C(=O)Nc1cc(C(=O)Nc2cc(C(=O)Nc3cc(C(=O)Nc4cc(C(=O)NCC(C)NC(=NC)NC)n(C)c4)n(C)c3)n(C)c2)n(C)c1. The van der Waals surface area contributed by atoms with Crippen LogP contribution in [-0.4, -0.2) is 80.4 Å². The number of nitrogens with zero attached hydrogens (tertiary/aromatic N) is 5. The van der Waals surface area contributed by atoms with Gasteiger partial charge >= 0.3 is 0 Å². The summed E-state index contributed by atoms with van der Waals surface area (Å²) in [6.45, 7) is 5.77. The van der Waals surface area contributed by atoms with E-state index in [4.69, 9.17) is 0 Å². The maximum absolute atomic E-state index is 13.2. The largest absolute Gasteiger partial charge is 0.359 e. The Morgan fingerprint density at radius 3 is 1.37 bits per heavy atom. The highest BCUT2D eigenvalue weighted by molar-refractivity contribution is 9.12. The first-order chi connectivity index (χ1) is 24.1. The van der Waals surface area contributed by atoms with Crippen LogP contribution in [0, 0.1) is 0 Å². The second-order valence-electron chi connectivity index (χ2n) is 11.7. The molecule has 1 unspecified atom stereocenters. The third kappa shape index (κ3) is 9.35. The van der Waals surface area contributed by atoms with Gasteiger partial charge in [-0.25, -0.2) is 0 Å². The van der Waals surface area contributed by atoms with Gasteiger partial charge in [-0.1, -0.05) is 6.58 Å². The van der Waals surface area contributed by atoms with E-state index in [1.165, 1.54) is 18.2 Å². The highest BCUT2D eigenvalue weighted by atomic mass is 79.9. The van der Waals surface area contributed by atoms with Gasteiger partial charge in [-0.05, 0) is 47.1 Å². The molecule has 0 spiro atoms. The predicted octanol–water partition coefficient (Wildman–Crippen LogP) is 2.56. The van der Waals surface area contributed by atoms with Crippen LogP contribution < -0.4 is 37.2 Å². The zero-order chi connectivity index (χ0) is 37.6. The molecule has 4 aromatic heterocycles. The molecule has 0 saturated carbocycles. The van der Waals surface area contributed by atoms with Crippen molar-refractivity contribution in [2.45, 2.75) is 13.0 Å². The first-order valence-corrected chi connectivity index (χ1v) is 16.3. The smallest absolute Gasteiger partial charge is 0.272 e. The molecule has 0 radical (unpaired) electrons. The molecule has 5 amide bonds. The number of rotatable bonds is 12. The zero-order valence-corrected chi connectivity index (χ0v) is 30.9. The summed E-state index contributed by atoms with van der Waals surface area (Å²) in [6.07, 6.45) is 6.40. The van der Waals surface area contributed by atoms with Gasteiger partial charge in [-0.2, -0.15) is 0 Å². The summed E-state index contributed by atoms with van der Waals surface area (Å²) < 4.78 is 6.44. The van der Waals surface area contributed by atoms with E-state index in [2.05, 4.69) is 64.7 Å². The van der Waals surface area contributed by atoms with Crippen LogP contribution in [0.15, 0.2) is 65.1 Å². The number of amides is 5. The molecule has 0 aliphatic heterocycles. The van der Waals surface area contributed by atoms with Gasteiger partial charge in [0.1, 0.15) is 22.8 Å². The van der Waals surface area contributed by atoms with Crippen LogP contribution >= 0.6 is 15.9 Å². The first-order valence-electron chi connectivity index (χ1n) is 15.5. The van der Waals surface area contributed by atoms with Gasteiger partial charge in [0.25, 0.3) is 29.5 Å². The number of hydrogen-bond donors (Lipinski definition) is 7. The fourth-order valence-corrected chi connectivity index (χ4v) is 5.19. The van der Waals surface area contributed by atoms with Crippen LogP contribution in [0.1, 0.15) is 48.9 Å². The number of nitrogens with one attached hydrogen (secondary N) is 7. The monoisotopic (exact) mass is 764 g/mol. The normalized spacial score (nSPS) is 11.7. The number of aryl methyl sites for hydroxylation is 4. The molecule has 4 rings (SSSR count). The maximum atomic E-state index is 13.2. The number of guanidine groups is 1. The van der Waals surface area contributed by atoms with E-state index >= 15 is 0 Å². The van der Waals surface area contributed by atoms with Crippen molar-refractivity contribution < 1.29 is 24.0 Å². The molecular formula is C33H41BrN12O5. The molecule has 51 heavy (non-hydrogen) atoms. The summed E-state index contributed by atoms with van der Waals surface area (Å²) in [7, 11) is 10.1. The second kappa shape index (κ2) is 16.1. The minimum absolute atomic E-state index is 0.0898. The number of aromatic nitrogens is 4. The Morgan fingerprint density at radius 1 is 0.686 bits per heavy atom. The molecule has 4 aromatic rings. The van der Waals surface area contributed by atoms with Gasteiger partial charge in [0.05, 0.1) is 27.2 Å².